The average molecular weight is 367 g/mol. The second-order valence-corrected chi connectivity index (χ2v) is 6.68. The number of aromatic nitrogens is 3. The van der Waals surface area contributed by atoms with Gasteiger partial charge in [-0.1, -0.05) is 0 Å². The lowest BCUT2D eigenvalue weighted by Crippen LogP contribution is -2.40. The van der Waals surface area contributed by atoms with Gasteiger partial charge < -0.3 is 10.6 Å². The Morgan fingerprint density at radius 3 is 2.85 bits per heavy atom. The Kier molecular flexibility index (Phi) is 4.31. The van der Waals surface area contributed by atoms with E-state index in [0.717, 1.165) is 12.8 Å². The van der Waals surface area contributed by atoms with Crippen molar-refractivity contribution in [2.45, 2.75) is 18.8 Å². The normalized spacial score (nSPS) is 17.2. The highest BCUT2D eigenvalue weighted by atomic mass is 19.1. The molecule has 3 N–H and O–H groups in total. The first-order valence-electron chi connectivity index (χ1n) is 8.71. The first-order valence-corrected chi connectivity index (χ1v) is 8.71. The van der Waals surface area contributed by atoms with Gasteiger partial charge in [-0.05, 0) is 43.2 Å². The number of pyridine rings is 1. The third-order valence-corrected chi connectivity index (χ3v) is 4.90. The lowest BCUT2D eigenvalue weighted by atomic mass is 9.90. The monoisotopic (exact) mass is 367 g/mol. The molecular formula is C19H18FN5O2. The van der Waals surface area contributed by atoms with Crippen LogP contribution in [-0.4, -0.2) is 45.0 Å². The number of halogens is 1. The van der Waals surface area contributed by atoms with E-state index >= 15 is 0 Å². The van der Waals surface area contributed by atoms with Crippen molar-refractivity contribution in [2.75, 3.05) is 13.1 Å². The van der Waals surface area contributed by atoms with E-state index in [0.29, 0.717) is 35.4 Å². The summed E-state index contributed by atoms with van der Waals surface area (Å²) in [6, 6.07) is 7.45. The molecule has 4 rings (SSSR count). The van der Waals surface area contributed by atoms with Gasteiger partial charge in [-0.25, -0.2) is 4.39 Å². The van der Waals surface area contributed by atoms with Crippen LogP contribution in [0.1, 0.15) is 45.3 Å². The summed E-state index contributed by atoms with van der Waals surface area (Å²) in [5.74, 6) is -1.27. The van der Waals surface area contributed by atoms with E-state index in [9.17, 15) is 14.0 Å². The summed E-state index contributed by atoms with van der Waals surface area (Å²) in [6.45, 7) is 1.05. The van der Waals surface area contributed by atoms with E-state index in [1.54, 1.807) is 23.1 Å². The predicted molar refractivity (Wildman–Crippen MR) is 96.7 cm³/mol. The van der Waals surface area contributed by atoms with Crippen molar-refractivity contribution in [1.82, 2.24) is 20.1 Å². The van der Waals surface area contributed by atoms with Crippen molar-refractivity contribution in [3.63, 3.8) is 0 Å². The van der Waals surface area contributed by atoms with Gasteiger partial charge in [-0.15, -0.1) is 0 Å². The average Bonchev–Trinajstić information content (AvgIpc) is 3.21. The first kappa shape index (κ1) is 17.1. The van der Waals surface area contributed by atoms with E-state index in [1.165, 1.54) is 18.3 Å². The number of hydrogen-bond acceptors (Lipinski definition) is 4. The zero-order valence-electron chi connectivity index (χ0n) is 14.5. The maximum absolute atomic E-state index is 13.5. The van der Waals surface area contributed by atoms with Gasteiger partial charge in [0, 0.05) is 30.6 Å². The topological polar surface area (TPSA) is 105 Å². The molecule has 1 aliphatic heterocycles. The van der Waals surface area contributed by atoms with Crippen LogP contribution in [0.15, 0.2) is 36.5 Å². The molecule has 0 spiro atoms. The van der Waals surface area contributed by atoms with Crippen molar-refractivity contribution in [1.29, 1.82) is 0 Å². The highest BCUT2D eigenvalue weighted by molar-refractivity contribution is 5.98. The molecular weight excluding hydrogens is 349 g/mol. The second kappa shape index (κ2) is 6.79. The van der Waals surface area contributed by atoms with Gasteiger partial charge in [0.2, 0.25) is 0 Å². The molecule has 0 unspecified atom stereocenters. The maximum atomic E-state index is 13.5. The minimum atomic E-state index is -0.610. The van der Waals surface area contributed by atoms with E-state index in [-0.39, 0.29) is 17.4 Å². The van der Waals surface area contributed by atoms with Gasteiger partial charge in [0.1, 0.15) is 11.5 Å². The number of aromatic amines is 1. The molecule has 0 radical (unpaired) electrons. The van der Waals surface area contributed by atoms with Gasteiger partial charge in [0.05, 0.1) is 16.8 Å². The summed E-state index contributed by atoms with van der Waals surface area (Å²) in [6.07, 6.45) is 3.10. The number of amides is 2. The predicted octanol–water partition coefficient (Wildman–Crippen LogP) is 2.22. The third-order valence-electron chi connectivity index (χ3n) is 4.90. The third kappa shape index (κ3) is 3.25. The minimum absolute atomic E-state index is 0.123. The Bertz CT molecular complexity index is 1020. The summed E-state index contributed by atoms with van der Waals surface area (Å²) < 4.78 is 13.5. The summed E-state index contributed by atoms with van der Waals surface area (Å²) >= 11 is 0. The largest absolute Gasteiger partial charge is 0.366 e. The van der Waals surface area contributed by atoms with E-state index in [4.69, 9.17) is 5.73 Å². The fourth-order valence-corrected chi connectivity index (χ4v) is 3.60. The van der Waals surface area contributed by atoms with Crippen LogP contribution >= 0.6 is 0 Å². The number of nitrogens with one attached hydrogen (secondary N) is 1. The number of likely N-dealkylation sites (tertiary alicyclic amines) is 1. The lowest BCUT2D eigenvalue weighted by Gasteiger charge is -2.32. The van der Waals surface area contributed by atoms with E-state index in [2.05, 4.69) is 15.2 Å². The Balaban J connectivity index is 1.70. The fraction of sp³-hybridized carbons (Fsp3) is 0.263. The number of fused-ring (bicyclic) bond motifs is 1. The number of nitrogens with two attached hydrogens (primary N) is 1. The molecule has 3 heterocycles. The molecule has 1 fully saturated rings. The van der Waals surface area contributed by atoms with Crippen LogP contribution in [0, 0.1) is 5.82 Å². The van der Waals surface area contributed by atoms with Crippen LogP contribution in [-0.2, 0) is 0 Å². The summed E-state index contributed by atoms with van der Waals surface area (Å²) in [7, 11) is 0. The van der Waals surface area contributed by atoms with Crippen LogP contribution in [0.4, 0.5) is 4.39 Å². The van der Waals surface area contributed by atoms with Crippen molar-refractivity contribution in [2.24, 2.45) is 5.73 Å². The fourth-order valence-electron chi connectivity index (χ4n) is 3.60. The molecule has 7 nitrogen and oxygen atoms in total. The molecule has 1 aliphatic rings. The van der Waals surface area contributed by atoms with Crippen LogP contribution in [0.5, 0.6) is 0 Å². The molecule has 8 heteroatoms. The van der Waals surface area contributed by atoms with Crippen LogP contribution in [0.2, 0.25) is 0 Å². The van der Waals surface area contributed by atoms with Crippen LogP contribution in [0.25, 0.3) is 10.9 Å². The van der Waals surface area contributed by atoms with Crippen LogP contribution < -0.4 is 5.73 Å². The van der Waals surface area contributed by atoms with Gasteiger partial charge in [0.15, 0.2) is 0 Å². The standard InChI is InChI=1S/C19H18FN5O2/c20-13-3-4-15-12(8-13)9-14(18(21)26)17(23-15)11-2-1-7-25(10-11)19(27)16-5-6-22-24-16/h3-6,8-9,11H,1-2,7,10H2,(H2,21,26)(H,22,24)/t11-/m0/s1. The Morgan fingerprint density at radius 1 is 1.26 bits per heavy atom. The van der Waals surface area contributed by atoms with Crippen molar-refractivity contribution >= 4 is 22.7 Å². The Morgan fingerprint density at radius 2 is 2.11 bits per heavy atom. The molecule has 27 heavy (non-hydrogen) atoms. The van der Waals surface area contributed by atoms with Gasteiger partial charge in [-0.2, -0.15) is 5.10 Å². The van der Waals surface area contributed by atoms with E-state index < -0.39 is 11.7 Å². The summed E-state index contributed by atoms with van der Waals surface area (Å²) in [4.78, 5) is 30.9. The SMILES string of the molecule is NC(=O)c1cc2cc(F)ccc2nc1[C@H]1CCCN(C(=O)c2ccn[nH]2)C1. The van der Waals surface area contributed by atoms with Crippen molar-refractivity contribution < 1.29 is 14.0 Å². The summed E-state index contributed by atoms with van der Waals surface area (Å²) in [5, 5.41) is 7.02. The number of piperidine rings is 1. The molecule has 0 bridgehead atoms. The van der Waals surface area contributed by atoms with E-state index in [1.807, 2.05) is 0 Å². The molecule has 2 aromatic heterocycles. The van der Waals surface area contributed by atoms with Crippen molar-refractivity contribution in [3.8, 4) is 0 Å². The second-order valence-electron chi connectivity index (χ2n) is 6.68. The number of H-pyrrole nitrogens is 1. The summed E-state index contributed by atoms with van der Waals surface area (Å²) in [5.41, 5.74) is 7.40. The Labute approximate surface area is 154 Å². The molecule has 0 aliphatic carbocycles. The lowest BCUT2D eigenvalue weighted by molar-refractivity contribution is 0.0700. The van der Waals surface area contributed by atoms with Gasteiger partial charge in [0.25, 0.3) is 11.8 Å². The number of nitrogens with zero attached hydrogens (tertiary/aromatic N) is 3. The highest BCUT2D eigenvalue weighted by Gasteiger charge is 2.29. The number of rotatable bonds is 3. The zero-order valence-corrected chi connectivity index (χ0v) is 14.5. The van der Waals surface area contributed by atoms with Gasteiger partial charge in [-0.3, -0.25) is 19.7 Å². The molecule has 1 atom stereocenters. The zero-order chi connectivity index (χ0) is 19.0. The quantitative estimate of drug-likeness (QED) is 0.740. The molecule has 1 aromatic carbocycles. The first-order chi connectivity index (χ1) is 13.0. The molecule has 2 amide bonds. The maximum Gasteiger partial charge on any atom is 0.271 e. The number of primary amides is 1. The molecule has 1 saturated heterocycles. The Hall–Kier alpha value is -3.29. The molecule has 3 aromatic rings. The van der Waals surface area contributed by atoms with Crippen molar-refractivity contribution in [3.05, 3.63) is 59.3 Å². The smallest absolute Gasteiger partial charge is 0.271 e. The minimum Gasteiger partial charge on any atom is -0.366 e. The van der Waals surface area contributed by atoms with Crippen LogP contribution in [0.3, 0.4) is 0 Å². The van der Waals surface area contributed by atoms with Gasteiger partial charge >= 0.3 is 0 Å². The number of carbonyl (C=O) groups excluding carboxylic acids is 2. The number of benzene rings is 1. The molecule has 0 saturated carbocycles. The molecule has 138 valence electrons. The number of hydrogen-bond donors (Lipinski definition) is 2. The number of carbonyl (C=O) groups is 2. The highest BCUT2D eigenvalue weighted by Crippen LogP contribution is 2.30.